The summed E-state index contributed by atoms with van der Waals surface area (Å²) < 4.78 is 0.409. The first-order valence-electron chi connectivity index (χ1n) is 5.46. The Morgan fingerprint density at radius 3 is 1.56 bits per heavy atom. The summed E-state index contributed by atoms with van der Waals surface area (Å²) in [5.41, 5.74) is 3.60. The third-order valence-electron chi connectivity index (χ3n) is 3.71. The lowest BCUT2D eigenvalue weighted by Gasteiger charge is -2.28. The smallest absolute Gasteiger partial charge is 0.0709 e. The molecule has 1 aliphatic carbocycles. The zero-order valence-corrected chi connectivity index (χ0v) is 11.6. The highest BCUT2D eigenvalue weighted by Gasteiger charge is 2.47. The Kier molecular flexibility index (Phi) is 2.64. The molecule has 0 atom stereocenters. The first-order chi connectivity index (χ1) is 7.29. The molecule has 0 aliphatic heterocycles. The number of rotatable bonds is 0. The number of fused-ring (bicyclic) bond motifs is 1. The van der Waals surface area contributed by atoms with Gasteiger partial charge < -0.3 is 0 Å². The second kappa shape index (κ2) is 3.51. The lowest BCUT2D eigenvalue weighted by Crippen LogP contribution is -2.23. The molecule has 1 aliphatic rings. The first kappa shape index (κ1) is 12.0. The van der Waals surface area contributed by atoms with Gasteiger partial charge in [-0.3, -0.25) is 0 Å². The van der Waals surface area contributed by atoms with Gasteiger partial charge in [0.15, 0.2) is 0 Å². The summed E-state index contributed by atoms with van der Waals surface area (Å²) >= 11 is 12.2. The van der Waals surface area contributed by atoms with Crippen molar-refractivity contribution < 1.29 is 0 Å². The van der Waals surface area contributed by atoms with Gasteiger partial charge in [0.1, 0.15) is 4.49 Å². The van der Waals surface area contributed by atoms with Crippen LogP contribution in [-0.4, -0.2) is 0 Å². The van der Waals surface area contributed by atoms with Gasteiger partial charge >= 0.3 is 0 Å². The summed E-state index contributed by atoms with van der Waals surface area (Å²) in [5, 5.41) is 0. The summed E-state index contributed by atoms with van der Waals surface area (Å²) in [5.74, 6) is 0. The van der Waals surface area contributed by atoms with Gasteiger partial charge in [-0.25, -0.2) is 0 Å². The van der Waals surface area contributed by atoms with Crippen molar-refractivity contribution in [3.8, 4) is 0 Å². The Labute approximate surface area is 107 Å². The van der Waals surface area contributed by atoms with Crippen LogP contribution in [0.5, 0.6) is 0 Å². The summed E-state index contributed by atoms with van der Waals surface area (Å²) in [6.07, 6.45) is 0. The van der Waals surface area contributed by atoms with E-state index in [9.17, 15) is 0 Å². The van der Waals surface area contributed by atoms with Gasteiger partial charge in [0.2, 0.25) is 0 Å². The molecule has 0 saturated heterocycles. The fourth-order valence-electron chi connectivity index (χ4n) is 3.10. The monoisotopic (exact) mass is 254 g/mol. The minimum atomic E-state index is -0.0844. The second-order valence-electron chi connectivity index (χ2n) is 5.43. The predicted molar refractivity (Wildman–Crippen MR) is 71.2 cm³/mol. The number of hydrogen-bond donors (Lipinski definition) is 0. The summed E-state index contributed by atoms with van der Waals surface area (Å²) in [4.78, 5) is 0. The second-order valence-corrected chi connectivity index (χ2v) is 6.38. The van der Waals surface area contributed by atoms with Gasteiger partial charge in [-0.05, 0) is 16.7 Å². The van der Waals surface area contributed by atoms with Crippen LogP contribution in [-0.2, 0) is 10.8 Å². The Morgan fingerprint density at radius 1 is 0.875 bits per heavy atom. The third kappa shape index (κ3) is 1.43. The van der Waals surface area contributed by atoms with E-state index in [-0.39, 0.29) is 10.8 Å². The maximum Gasteiger partial charge on any atom is 0.107 e. The van der Waals surface area contributed by atoms with Crippen molar-refractivity contribution in [3.63, 3.8) is 0 Å². The molecule has 86 valence electrons. The Hall–Kier alpha value is -0.460. The molecule has 0 bridgehead atoms. The first-order valence-corrected chi connectivity index (χ1v) is 6.21. The topological polar surface area (TPSA) is 0 Å². The van der Waals surface area contributed by atoms with Gasteiger partial charge in [0.05, 0.1) is 0 Å². The summed E-state index contributed by atoms with van der Waals surface area (Å²) in [6.45, 7) is 8.72. The highest BCUT2D eigenvalue weighted by Crippen LogP contribution is 2.55. The molecule has 0 aromatic heterocycles. The minimum Gasteiger partial charge on any atom is -0.0709 e. The van der Waals surface area contributed by atoms with E-state index in [1.807, 2.05) is 0 Å². The quantitative estimate of drug-likeness (QED) is 0.615. The van der Waals surface area contributed by atoms with Crippen molar-refractivity contribution in [1.29, 1.82) is 0 Å². The van der Waals surface area contributed by atoms with Gasteiger partial charge in [-0.15, -0.1) is 0 Å². The molecule has 16 heavy (non-hydrogen) atoms. The molecular weight excluding hydrogens is 239 g/mol. The average Bonchev–Trinajstić information content (AvgIpc) is 2.31. The molecule has 2 rings (SSSR count). The van der Waals surface area contributed by atoms with Crippen LogP contribution in [0.3, 0.4) is 0 Å². The molecule has 0 radical (unpaired) electrons. The van der Waals surface area contributed by atoms with E-state index in [0.717, 1.165) is 5.57 Å². The van der Waals surface area contributed by atoms with Crippen LogP contribution >= 0.6 is 23.2 Å². The normalized spacial score (nSPS) is 20.8. The van der Waals surface area contributed by atoms with E-state index in [1.54, 1.807) is 0 Å². The van der Waals surface area contributed by atoms with Gasteiger partial charge in [0.25, 0.3) is 0 Å². The van der Waals surface area contributed by atoms with E-state index >= 15 is 0 Å². The SMILES string of the molecule is CC1(C)C(=C(Cl)Cl)C(C)(C)c2ccccc21. The van der Waals surface area contributed by atoms with E-state index < -0.39 is 0 Å². The fourth-order valence-corrected chi connectivity index (χ4v) is 4.04. The van der Waals surface area contributed by atoms with E-state index in [2.05, 4.69) is 52.0 Å². The standard InChI is InChI=1S/C14H16Cl2/c1-13(2)9-7-5-6-8-10(9)14(3,4)11(13)12(15)16/h5-8H,1-4H3. The van der Waals surface area contributed by atoms with Crippen molar-refractivity contribution in [3.05, 3.63) is 45.5 Å². The maximum atomic E-state index is 6.09. The average molecular weight is 255 g/mol. The lowest BCUT2D eigenvalue weighted by molar-refractivity contribution is 0.549. The number of hydrogen-bond acceptors (Lipinski definition) is 0. The van der Waals surface area contributed by atoms with Gasteiger partial charge in [0, 0.05) is 10.8 Å². The number of allylic oxidation sites excluding steroid dienone is 1. The molecule has 0 fully saturated rings. The minimum absolute atomic E-state index is 0.0844. The molecule has 0 heterocycles. The van der Waals surface area contributed by atoms with Crippen molar-refractivity contribution in [2.75, 3.05) is 0 Å². The molecule has 1 aromatic carbocycles. The highest BCUT2D eigenvalue weighted by molar-refractivity contribution is 6.56. The fraction of sp³-hybridized carbons (Fsp3) is 0.429. The van der Waals surface area contributed by atoms with E-state index in [1.165, 1.54) is 11.1 Å². The molecule has 0 spiro atoms. The molecule has 0 N–H and O–H groups in total. The van der Waals surface area contributed by atoms with Crippen LogP contribution < -0.4 is 0 Å². The summed E-state index contributed by atoms with van der Waals surface area (Å²) in [7, 11) is 0. The van der Waals surface area contributed by atoms with Crippen LogP contribution in [0.25, 0.3) is 0 Å². The molecule has 0 saturated carbocycles. The zero-order valence-electron chi connectivity index (χ0n) is 10.1. The number of benzene rings is 1. The zero-order chi connectivity index (χ0) is 12.1. The van der Waals surface area contributed by atoms with Crippen LogP contribution in [0.2, 0.25) is 0 Å². The molecule has 0 nitrogen and oxygen atoms in total. The predicted octanol–water partition coefficient (Wildman–Crippen LogP) is 4.94. The maximum absolute atomic E-state index is 6.09. The molecule has 2 heteroatoms. The van der Waals surface area contributed by atoms with Gasteiger partial charge in [-0.2, -0.15) is 0 Å². The van der Waals surface area contributed by atoms with Crippen LogP contribution in [0, 0.1) is 0 Å². The Morgan fingerprint density at radius 2 is 1.25 bits per heavy atom. The lowest BCUT2D eigenvalue weighted by atomic mass is 9.77. The van der Waals surface area contributed by atoms with Crippen LogP contribution in [0.4, 0.5) is 0 Å². The van der Waals surface area contributed by atoms with Crippen LogP contribution in [0.15, 0.2) is 34.3 Å². The highest BCUT2D eigenvalue weighted by atomic mass is 35.5. The largest absolute Gasteiger partial charge is 0.107 e. The van der Waals surface area contributed by atoms with E-state index in [0.29, 0.717) is 4.49 Å². The molecule has 0 unspecified atom stereocenters. The van der Waals surface area contributed by atoms with Crippen molar-refractivity contribution in [1.82, 2.24) is 0 Å². The van der Waals surface area contributed by atoms with Gasteiger partial charge in [-0.1, -0.05) is 75.2 Å². The van der Waals surface area contributed by atoms with E-state index in [4.69, 9.17) is 23.2 Å². The van der Waals surface area contributed by atoms with Crippen molar-refractivity contribution in [2.24, 2.45) is 0 Å². The van der Waals surface area contributed by atoms with Crippen molar-refractivity contribution in [2.45, 2.75) is 38.5 Å². The number of halogens is 2. The molecule has 0 amide bonds. The molecular formula is C14H16Cl2. The Bertz CT molecular complexity index is 426. The third-order valence-corrected chi connectivity index (χ3v) is 4.09. The van der Waals surface area contributed by atoms with Crippen molar-refractivity contribution >= 4 is 23.2 Å². The Balaban J connectivity index is 2.82. The molecule has 1 aromatic rings. The summed E-state index contributed by atoms with van der Waals surface area (Å²) in [6, 6.07) is 8.48. The van der Waals surface area contributed by atoms with Crippen LogP contribution in [0.1, 0.15) is 38.8 Å².